The monoisotopic (exact) mass is 244 g/mol. The lowest BCUT2D eigenvalue weighted by molar-refractivity contribution is 0.632. The molecule has 0 bridgehead atoms. The third-order valence-electron chi connectivity index (χ3n) is 3.07. The predicted molar refractivity (Wildman–Crippen MR) is 73.2 cm³/mol. The molecule has 4 heteroatoms. The Bertz CT molecular complexity index is 516. The van der Waals surface area contributed by atoms with Gasteiger partial charge in [0.1, 0.15) is 0 Å². The highest BCUT2D eigenvalue weighted by Crippen LogP contribution is 2.23. The van der Waals surface area contributed by atoms with Crippen molar-refractivity contribution in [1.29, 1.82) is 0 Å². The smallest absolute Gasteiger partial charge is 0.0888 e. The largest absolute Gasteiger partial charge is 0.313 e. The van der Waals surface area contributed by atoms with Crippen molar-refractivity contribution < 1.29 is 0 Å². The molecule has 0 fully saturated rings. The van der Waals surface area contributed by atoms with E-state index in [1.807, 2.05) is 10.9 Å². The third kappa shape index (κ3) is 2.59. The summed E-state index contributed by atoms with van der Waals surface area (Å²) in [5, 5.41) is 11.4. The molecule has 0 radical (unpaired) electrons. The van der Waals surface area contributed by atoms with Crippen molar-refractivity contribution in [2.24, 2.45) is 0 Å². The van der Waals surface area contributed by atoms with Crippen LogP contribution in [0.5, 0.6) is 0 Å². The van der Waals surface area contributed by atoms with Gasteiger partial charge in [0.2, 0.25) is 0 Å². The Morgan fingerprint density at radius 1 is 1.28 bits per heavy atom. The minimum atomic E-state index is 0.839. The quantitative estimate of drug-likeness (QED) is 0.878. The lowest BCUT2D eigenvalue weighted by Crippen LogP contribution is -2.11. The van der Waals surface area contributed by atoms with Crippen LogP contribution in [0.25, 0.3) is 11.3 Å². The van der Waals surface area contributed by atoms with Crippen LogP contribution in [0.3, 0.4) is 0 Å². The predicted octanol–water partition coefficient (Wildman–Crippen LogP) is 2.38. The van der Waals surface area contributed by atoms with Crippen molar-refractivity contribution >= 4 is 0 Å². The number of nitrogens with one attached hydrogen (secondary N) is 1. The van der Waals surface area contributed by atoms with E-state index in [-0.39, 0.29) is 0 Å². The van der Waals surface area contributed by atoms with Gasteiger partial charge in [-0.3, -0.25) is 0 Å². The topological polar surface area (TPSA) is 42.7 Å². The Morgan fingerprint density at radius 3 is 2.83 bits per heavy atom. The van der Waals surface area contributed by atoms with E-state index in [1.54, 1.807) is 0 Å². The molecule has 1 N–H and O–H groups in total. The highest BCUT2D eigenvalue weighted by Gasteiger charge is 2.09. The van der Waals surface area contributed by atoms with E-state index in [1.165, 1.54) is 16.7 Å². The molecule has 2 aromatic rings. The molecule has 18 heavy (non-hydrogen) atoms. The van der Waals surface area contributed by atoms with Crippen LogP contribution in [-0.4, -0.2) is 21.5 Å². The Kier molecular flexibility index (Phi) is 4.10. The fourth-order valence-electron chi connectivity index (χ4n) is 2.02. The number of hydrogen-bond donors (Lipinski definition) is 1. The van der Waals surface area contributed by atoms with Gasteiger partial charge in [0, 0.05) is 18.7 Å². The second-order valence-corrected chi connectivity index (χ2v) is 4.36. The number of nitrogens with zero attached hydrogens (tertiary/aromatic N) is 3. The van der Waals surface area contributed by atoms with E-state index in [9.17, 15) is 0 Å². The first-order valence-electron chi connectivity index (χ1n) is 6.45. The van der Waals surface area contributed by atoms with Gasteiger partial charge < -0.3 is 5.32 Å². The molecular formula is C14H20N4. The fourth-order valence-corrected chi connectivity index (χ4v) is 2.02. The first-order valence-corrected chi connectivity index (χ1v) is 6.45. The second kappa shape index (κ2) is 5.78. The second-order valence-electron chi connectivity index (χ2n) is 4.36. The number of aryl methyl sites for hydroxylation is 2. The summed E-state index contributed by atoms with van der Waals surface area (Å²) in [4.78, 5) is 0. The van der Waals surface area contributed by atoms with E-state index >= 15 is 0 Å². The van der Waals surface area contributed by atoms with Crippen LogP contribution in [0.2, 0.25) is 0 Å². The van der Waals surface area contributed by atoms with E-state index in [4.69, 9.17) is 0 Å². The molecule has 0 aliphatic carbocycles. The average Bonchev–Trinajstić information content (AvgIpc) is 2.86. The summed E-state index contributed by atoms with van der Waals surface area (Å²) in [6.45, 7) is 9.04. The van der Waals surface area contributed by atoms with Crippen molar-refractivity contribution in [2.45, 2.75) is 33.9 Å². The normalized spacial score (nSPS) is 10.8. The molecule has 1 heterocycles. The van der Waals surface area contributed by atoms with E-state index in [0.29, 0.717) is 0 Å². The maximum absolute atomic E-state index is 4.10. The Morgan fingerprint density at radius 2 is 2.11 bits per heavy atom. The third-order valence-corrected chi connectivity index (χ3v) is 3.07. The van der Waals surface area contributed by atoms with Crippen LogP contribution in [-0.2, 0) is 13.1 Å². The van der Waals surface area contributed by atoms with Gasteiger partial charge in [0.05, 0.1) is 11.9 Å². The molecular weight excluding hydrogens is 224 g/mol. The number of hydrogen-bond acceptors (Lipinski definition) is 3. The lowest BCUT2D eigenvalue weighted by Gasteiger charge is -2.10. The van der Waals surface area contributed by atoms with Gasteiger partial charge in [0.15, 0.2) is 0 Å². The van der Waals surface area contributed by atoms with Crippen LogP contribution in [0.4, 0.5) is 0 Å². The Labute approximate surface area is 108 Å². The number of rotatable bonds is 5. The highest BCUT2D eigenvalue weighted by molar-refractivity contribution is 5.63. The maximum Gasteiger partial charge on any atom is 0.0888 e. The van der Waals surface area contributed by atoms with Gasteiger partial charge in [-0.1, -0.05) is 24.3 Å². The molecule has 0 unspecified atom stereocenters. The minimum absolute atomic E-state index is 0.839. The average molecular weight is 244 g/mol. The Balaban J connectivity index is 2.37. The highest BCUT2D eigenvalue weighted by atomic mass is 15.4. The summed E-state index contributed by atoms with van der Waals surface area (Å²) in [7, 11) is 0. The van der Waals surface area contributed by atoms with Gasteiger partial charge in [0.25, 0.3) is 0 Å². The van der Waals surface area contributed by atoms with Crippen LogP contribution >= 0.6 is 0 Å². The van der Waals surface area contributed by atoms with Gasteiger partial charge >= 0.3 is 0 Å². The summed E-state index contributed by atoms with van der Waals surface area (Å²) in [5.41, 5.74) is 4.86. The molecule has 1 aromatic carbocycles. The van der Waals surface area contributed by atoms with Crippen molar-refractivity contribution in [2.75, 3.05) is 6.54 Å². The van der Waals surface area contributed by atoms with Crippen LogP contribution < -0.4 is 5.32 Å². The lowest BCUT2D eigenvalue weighted by atomic mass is 10.0. The number of benzene rings is 1. The van der Waals surface area contributed by atoms with Crippen LogP contribution in [0.15, 0.2) is 24.4 Å². The van der Waals surface area contributed by atoms with Crippen molar-refractivity contribution in [3.05, 3.63) is 35.5 Å². The molecule has 0 amide bonds. The van der Waals surface area contributed by atoms with Gasteiger partial charge in [-0.15, -0.1) is 5.10 Å². The summed E-state index contributed by atoms with van der Waals surface area (Å²) in [6.07, 6.45) is 1.84. The zero-order valence-corrected chi connectivity index (χ0v) is 11.3. The molecule has 0 atom stereocenters. The molecule has 4 nitrogen and oxygen atoms in total. The molecule has 96 valence electrons. The summed E-state index contributed by atoms with van der Waals surface area (Å²) in [6, 6.07) is 6.55. The van der Waals surface area contributed by atoms with E-state index in [0.717, 1.165) is 25.3 Å². The van der Waals surface area contributed by atoms with Gasteiger partial charge in [-0.25, -0.2) is 4.68 Å². The SMILES string of the molecule is CCNCc1ccc(C)c(-c2cnnn2CC)c1. The zero-order chi connectivity index (χ0) is 13.0. The molecule has 0 aliphatic rings. The Hall–Kier alpha value is -1.68. The molecule has 0 spiro atoms. The molecule has 0 aliphatic heterocycles. The zero-order valence-electron chi connectivity index (χ0n) is 11.3. The van der Waals surface area contributed by atoms with Crippen molar-refractivity contribution in [3.8, 4) is 11.3 Å². The maximum atomic E-state index is 4.10. The summed E-state index contributed by atoms with van der Waals surface area (Å²) < 4.78 is 1.93. The van der Waals surface area contributed by atoms with E-state index < -0.39 is 0 Å². The summed E-state index contributed by atoms with van der Waals surface area (Å²) in [5.74, 6) is 0. The van der Waals surface area contributed by atoms with E-state index in [2.05, 4.69) is 54.6 Å². The van der Waals surface area contributed by atoms with Gasteiger partial charge in [-0.05, 0) is 37.6 Å². The first-order chi connectivity index (χ1) is 8.76. The summed E-state index contributed by atoms with van der Waals surface area (Å²) >= 11 is 0. The van der Waals surface area contributed by atoms with Gasteiger partial charge in [-0.2, -0.15) is 0 Å². The molecule has 2 rings (SSSR count). The van der Waals surface area contributed by atoms with Crippen LogP contribution in [0.1, 0.15) is 25.0 Å². The van der Waals surface area contributed by atoms with Crippen LogP contribution in [0, 0.1) is 6.92 Å². The molecule has 0 saturated carbocycles. The molecule has 1 aromatic heterocycles. The minimum Gasteiger partial charge on any atom is -0.313 e. The fraction of sp³-hybridized carbons (Fsp3) is 0.429. The van der Waals surface area contributed by atoms with Crippen molar-refractivity contribution in [3.63, 3.8) is 0 Å². The van der Waals surface area contributed by atoms with Crippen molar-refractivity contribution in [1.82, 2.24) is 20.3 Å². The standard InChI is InChI=1S/C14H20N4/c1-4-15-9-12-7-6-11(3)13(8-12)14-10-16-17-18(14)5-2/h6-8,10,15H,4-5,9H2,1-3H3. The number of aromatic nitrogens is 3. The molecule has 0 saturated heterocycles. The first kappa shape index (κ1) is 12.8.